The molecule has 0 aromatic heterocycles. The second-order valence-electron chi connectivity index (χ2n) is 19.5. The maximum absolute atomic E-state index is 13.4. The first kappa shape index (κ1) is 45.4. The molecule has 2 atom stereocenters. The van der Waals surface area contributed by atoms with E-state index in [1.807, 2.05) is 34.0 Å². The first-order chi connectivity index (χ1) is 21.1. The van der Waals surface area contributed by atoms with Crippen molar-refractivity contribution < 1.29 is 19.1 Å². The van der Waals surface area contributed by atoms with Gasteiger partial charge in [0.15, 0.2) is 0 Å². The normalized spacial score (nSPS) is 16.0. The highest BCUT2D eigenvalue weighted by molar-refractivity contribution is 5.76. The van der Waals surface area contributed by atoms with Crippen molar-refractivity contribution in [3.05, 3.63) is 24.3 Å². The summed E-state index contributed by atoms with van der Waals surface area (Å²) in [5.74, 6) is 0.798. The van der Waals surface area contributed by atoms with Crippen LogP contribution in [-0.2, 0) is 19.1 Å². The van der Waals surface area contributed by atoms with Crippen LogP contribution in [0, 0.1) is 44.3 Å². The molecular weight excluding hydrogens is 582 g/mol. The van der Waals surface area contributed by atoms with Gasteiger partial charge in [-0.1, -0.05) is 121 Å². The number of allylic oxidation sites excluding steroid dienone is 3. The second kappa shape index (κ2) is 18.4. The van der Waals surface area contributed by atoms with Crippen molar-refractivity contribution in [1.82, 2.24) is 4.90 Å². The van der Waals surface area contributed by atoms with Gasteiger partial charge >= 0.3 is 11.9 Å². The van der Waals surface area contributed by atoms with Crippen LogP contribution in [0.15, 0.2) is 24.3 Å². The number of rotatable bonds is 22. The number of nitrogens with zero attached hydrogens (tertiary/aromatic N) is 1. The highest BCUT2D eigenvalue weighted by Gasteiger charge is 2.48. The van der Waals surface area contributed by atoms with E-state index in [-0.39, 0.29) is 51.7 Å². The molecule has 2 unspecified atom stereocenters. The van der Waals surface area contributed by atoms with Gasteiger partial charge in [0.05, 0.1) is 5.41 Å². The Bertz CT molecular complexity index is 1010. The van der Waals surface area contributed by atoms with E-state index in [4.69, 9.17) is 9.47 Å². The molecule has 5 nitrogen and oxygen atoms in total. The number of carbonyl (C=O) groups excluding carboxylic acids is 2. The van der Waals surface area contributed by atoms with Crippen LogP contribution in [0.25, 0.3) is 0 Å². The third-order valence-electron chi connectivity index (χ3n) is 9.43. The lowest BCUT2D eigenvalue weighted by Crippen LogP contribution is -2.49. The number of carbonyl (C=O) groups is 2. The molecule has 0 N–H and O–H groups in total. The van der Waals surface area contributed by atoms with Crippen LogP contribution >= 0.6 is 0 Å². The number of hydrogen-bond donors (Lipinski definition) is 0. The third kappa shape index (κ3) is 18.1. The van der Waals surface area contributed by atoms with Crippen LogP contribution in [0.5, 0.6) is 0 Å². The number of hydrogen-bond acceptors (Lipinski definition) is 5. The van der Waals surface area contributed by atoms with Gasteiger partial charge in [-0.05, 0) is 101 Å². The van der Waals surface area contributed by atoms with Gasteiger partial charge in [0.25, 0.3) is 0 Å². The largest absolute Gasteiger partial charge is 0.461 e. The molecule has 47 heavy (non-hydrogen) atoms. The summed E-state index contributed by atoms with van der Waals surface area (Å²) in [5, 5.41) is 0. The summed E-state index contributed by atoms with van der Waals surface area (Å²) in [6, 6.07) is 0. The number of ether oxygens (including phenoxy) is 2. The molecular formula is C42H79NO4. The molecule has 0 aliphatic heterocycles. The monoisotopic (exact) mass is 662 g/mol. The predicted octanol–water partition coefficient (Wildman–Crippen LogP) is 11.3. The van der Waals surface area contributed by atoms with E-state index in [0.29, 0.717) is 18.3 Å². The molecule has 0 aliphatic rings. The van der Waals surface area contributed by atoms with Crippen molar-refractivity contribution in [3.8, 4) is 0 Å². The highest BCUT2D eigenvalue weighted by Crippen LogP contribution is 2.51. The Morgan fingerprint density at radius 3 is 1.72 bits per heavy atom. The first-order valence-electron chi connectivity index (χ1n) is 18.5. The van der Waals surface area contributed by atoms with E-state index in [0.717, 1.165) is 45.1 Å². The van der Waals surface area contributed by atoms with Crippen LogP contribution in [0.4, 0.5) is 0 Å². The summed E-state index contributed by atoms with van der Waals surface area (Å²) in [6.07, 6.45) is 14.4. The smallest absolute Gasteiger partial charge is 0.311 e. The molecule has 5 heteroatoms. The Morgan fingerprint density at radius 1 is 0.723 bits per heavy atom. The van der Waals surface area contributed by atoms with Gasteiger partial charge in [-0.3, -0.25) is 9.59 Å². The Kier molecular flexibility index (Phi) is 17.8. The number of esters is 2. The minimum atomic E-state index is -0.499. The van der Waals surface area contributed by atoms with Crippen LogP contribution < -0.4 is 0 Å². The van der Waals surface area contributed by atoms with Crippen molar-refractivity contribution in [1.29, 1.82) is 0 Å². The molecule has 0 saturated carbocycles. The van der Waals surface area contributed by atoms with Crippen LogP contribution in [0.3, 0.4) is 0 Å². The van der Waals surface area contributed by atoms with Crippen LogP contribution in [0.2, 0.25) is 0 Å². The Morgan fingerprint density at radius 2 is 1.23 bits per heavy atom. The Labute approximate surface area is 293 Å². The summed E-state index contributed by atoms with van der Waals surface area (Å²) in [5.41, 5.74) is -1.21. The van der Waals surface area contributed by atoms with Gasteiger partial charge in [-0.2, -0.15) is 0 Å². The molecule has 0 aromatic rings. The SMILES string of the molecule is CCC(C)(CC(C)(C)C=CC(C)(C)CC(C)C)C(OC(=O)CCCN(C)C)C(C)(C)CC(C)(C)C=CCOC(=O)C(C)(C)CC(C)C. The summed E-state index contributed by atoms with van der Waals surface area (Å²) >= 11 is 0. The van der Waals surface area contributed by atoms with E-state index in [1.165, 1.54) is 0 Å². The second-order valence-corrected chi connectivity index (χ2v) is 19.5. The van der Waals surface area contributed by atoms with Crippen LogP contribution in [0.1, 0.15) is 156 Å². The molecule has 0 spiro atoms. The third-order valence-corrected chi connectivity index (χ3v) is 9.43. The van der Waals surface area contributed by atoms with Gasteiger partial charge in [0.1, 0.15) is 12.7 Å². The van der Waals surface area contributed by atoms with Crippen LogP contribution in [-0.4, -0.2) is 50.2 Å². The Hall–Kier alpha value is -1.62. The van der Waals surface area contributed by atoms with E-state index in [9.17, 15) is 9.59 Å². The maximum Gasteiger partial charge on any atom is 0.311 e. The van der Waals surface area contributed by atoms with E-state index >= 15 is 0 Å². The summed E-state index contributed by atoms with van der Waals surface area (Å²) in [7, 11) is 4.07. The maximum atomic E-state index is 13.4. The zero-order chi connectivity index (χ0) is 37.1. The summed E-state index contributed by atoms with van der Waals surface area (Å²) in [6.45, 7) is 36.7. The van der Waals surface area contributed by atoms with E-state index < -0.39 is 5.41 Å². The fourth-order valence-corrected chi connectivity index (χ4v) is 8.17. The van der Waals surface area contributed by atoms with Gasteiger partial charge < -0.3 is 14.4 Å². The lowest BCUT2D eigenvalue weighted by molar-refractivity contribution is -0.172. The minimum absolute atomic E-state index is 0.0761. The molecule has 0 fully saturated rings. The van der Waals surface area contributed by atoms with Gasteiger partial charge in [0.2, 0.25) is 0 Å². The molecule has 0 saturated heterocycles. The fourth-order valence-electron chi connectivity index (χ4n) is 8.17. The van der Waals surface area contributed by atoms with E-state index in [2.05, 4.69) is 120 Å². The Balaban J connectivity index is 6.24. The van der Waals surface area contributed by atoms with Gasteiger partial charge in [-0.25, -0.2) is 0 Å². The molecule has 0 aliphatic carbocycles. The molecule has 0 aromatic carbocycles. The summed E-state index contributed by atoms with van der Waals surface area (Å²) in [4.78, 5) is 28.3. The fraction of sp³-hybridized carbons (Fsp3) is 0.857. The predicted molar refractivity (Wildman–Crippen MR) is 202 cm³/mol. The quantitative estimate of drug-likeness (QED) is 0.0853. The standard InChI is InChI=1S/C42H79NO4/c1-19-42(16,31-39(10,11)25-24-37(6,7)28-32(2)3)35(47-34(44)22-20-26-43(17)18)41(14,15)30-38(8,9)23-21-27-46-36(45)40(12,13)29-33(4)5/h21,23-25,32-33,35H,19-20,22,26-31H2,1-18H3. The van der Waals surface area contributed by atoms with Crippen molar-refractivity contribution in [2.24, 2.45) is 44.3 Å². The molecule has 0 bridgehead atoms. The molecule has 0 radical (unpaired) electrons. The average Bonchev–Trinajstić information content (AvgIpc) is 2.86. The van der Waals surface area contributed by atoms with Gasteiger partial charge in [-0.15, -0.1) is 0 Å². The average molecular weight is 662 g/mol. The summed E-state index contributed by atoms with van der Waals surface area (Å²) < 4.78 is 12.3. The lowest BCUT2D eigenvalue weighted by atomic mass is 9.59. The molecule has 0 rings (SSSR count). The lowest BCUT2D eigenvalue weighted by Gasteiger charge is -2.49. The zero-order valence-corrected chi connectivity index (χ0v) is 34.5. The van der Waals surface area contributed by atoms with Gasteiger partial charge in [0, 0.05) is 17.3 Å². The van der Waals surface area contributed by atoms with Crippen molar-refractivity contribution in [3.63, 3.8) is 0 Å². The molecule has 276 valence electrons. The minimum Gasteiger partial charge on any atom is -0.461 e. The molecule has 0 amide bonds. The topological polar surface area (TPSA) is 55.8 Å². The molecule has 0 heterocycles. The van der Waals surface area contributed by atoms with Crippen molar-refractivity contribution >= 4 is 11.9 Å². The highest BCUT2D eigenvalue weighted by atomic mass is 16.5. The van der Waals surface area contributed by atoms with Crippen molar-refractivity contribution in [2.75, 3.05) is 27.2 Å². The first-order valence-corrected chi connectivity index (χ1v) is 18.5. The van der Waals surface area contributed by atoms with Crippen molar-refractivity contribution in [2.45, 2.75) is 162 Å². The zero-order valence-electron chi connectivity index (χ0n) is 34.5. The van der Waals surface area contributed by atoms with E-state index in [1.54, 1.807) is 0 Å².